The van der Waals surface area contributed by atoms with Gasteiger partial charge in [0.1, 0.15) is 23.1 Å². The zero-order chi connectivity index (χ0) is 20.9. The summed E-state index contributed by atoms with van der Waals surface area (Å²) >= 11 is 5.66. The zero-order valence-electron chi connectivity index (χ0n) is 16.6. The minimum Gasteiger partial charge on any atom is -0.490 e. The molecular weight excluding hydrogens is 400 g/mol. The molecule has 1 fully saturated rings. The van der Waals surface area contributed by atoms with Crippen molar-refractivity contribution in [1.29, 1.82) is 0 Å². The topological polar surface area (TPSA) is 82.0 Å². The van der Waals surface area contributed by atoms with Crippen LogP contribution < -0.4 is 4.74 Å². The smallest absolute Gasteiger partial charge is 0.334 e. The van der Waals surface area contributed by atoms with Crippen LogP contribution in [0.4, 0.5) is 0 Å². The predicted octanol–water partition coefficient (Wildman–Crippen LogP) is 4.52. The first kappa shape index (κ1) is 20.3. The molecule has 156 valence electrons. The van der Waals surface area contributed by atoms with Crippen molar-refractivity contribution >= 4 is 29.2 Å². The lowest BCUT2D eigenvalue weighted by Gasteiger charge is -2.26. The summed E-state index contributed by atoms with van der Waals surface area (Å²) in [5, 5.41) is 7.50. The Morgan fingerprint density at radius 2 is 2.20 bits per heavy atom. The van der Waals surface area contributed by atoms with E-state index in [1.807, 2.05) is 24.3 Å². The van der Waals surface area contributed by atoms with Crippen molar-refractivity contribution < 1.29 is 14.3 Å². The number of aromatic nitrogens is 4. The molecule has 4 rings (SSSR count). The van der Waals surface area contributed by atoms with Crippen molar-refractivity contribution in [3.8, 4) is 5.75 Å². The Balaban J connectivity index is 1.74. The number of benzene rings is 1. The molecule has 0 spiro atoms. The van der Waals surface area contributed by atoms with Gasteiger partial charge < -0.3 is 14.0 Å². The molecule has 0 bridgehead atoms. The Kier molecular flexibility index (Phi) is 6.23. The quantitative estimate of drug-likeness (QED) is 0.341. The second-order valence-electron chi connectivity index (χ2n) is 7.36. The average Bonchev–Trinajstić information content (AvgIpc) is 3.25. The molecule has 1 aromatic carbocycles. The number of hydrogen-bond donors (Lipinski definition) is 1. The maximum absolute atomic E-state index is 13.4. The molecule has 30 heavy (non-hydrogen) atoms. The molecule has 2 heterocycles. The van der Waals surface area contributed by atoms with Crippen LogP contribution in [0.15, 0.2) is 49.4 Å². The Morgan fingerprint density at radius 3 is 3.00 bits per heavy atom. The SMILES string of the molecule is C=CCOc1cccc(C(C(=O)OC2CCCCC2)n2cnc3[nH]ncc3c2=S)c1. The maximum Gasteiger partial charge on any atom is 0.334 e. The van der Waals surface area contributed by atoms with E-state index in [0.717, 1.165) is 31.2 Å². The maximum atomic E-state index is 13.4. The van der Waals surface area contributed by atoms with Crippen LogP contribution in [-0.2, 0) is 9.53 Å². The number of ether oxygens (including phenoxy) is 2. The largest absolute Gasteiger partial charge is 0.490 e. The molecule has 8 heteroatoms. The standard InChI is InChI=1S/C22H24N4O3S/c1-2-11-28-17-10-6-7-15(12-17)19(22(27)29-16-8-4-3-5-9-16)26-14-23-20-18(21(26)30)13-24-25-20/h2,6-7,10,12-14,16,19H,1,3-5,8-9,11H2,(H,24,25). The van der Waals surface area contributed by atoms with Crippen LogP contribution >= 0.6 is 12.2 Å². The highest BCUT2D eigenvalue weighted by Crippen LogP contribution is 2.28. The molecule has 0 amide bonds. The summed E-state index contributed by atoms with van der Waals surface area (Å²) in [6.07, 6.45) is 9.93. The van der Waals surface area contributed by atoms with E-state index in [9.17, 15) is 4.79 Å². The summed E-state index contributed by atoms with van der Waals surface area (Å²) in [4.78, 5) is 17.7. The molecule has 1 aliphatic rings. The van der Waals surface area contributed by atoms with E-state index in [1.54, 1.807) is 23.2 Å². The molecule has 7 nitrogen and oxygen atoms in total. The van der Waals surface area contributed by atoms with Gasteiger partial charge in [0, 0.05) is 0 Å². The summed E-state index contributed by atoms with van der Waals surface area (Å²) in [7, 11) is 0. The summed E-state index contributed by atoms with van der Waals surface area (Å²) in [6, 6.07) is 6.63. The van der Waals surface area contributed by atoms with Crippen LogP contribution in [0.5, 0.6) is 5.75 Å². The van der Waals surface area contributed by atoms with Gasteiger partial charge in [-0.3, -0.25) is 5.10 Å². The van der Waals surface area contributed by atoms with Crippen molar-refractivity contribution in [2.45, 2.75) is 44.2 Å². The molecular formula is C22H24N4O3S. The van der Waals surface area contributed by atoms with Crippen LogP contribution in [0, 0.1) is 4.64 Å². The van der Waals surface area contributed by atoms with Gasteiger partial charge in [-0.25, -0.2) is 9.78 Å². The number of esters is 1. The Labute approximate surface area is 179 Å². The molecule has 0 aliphatic heterocycles. The molecule has 1 N–H and O–H groups in total. The fourth-order valence-corrected chi connectivity index (χ4v) is 4.08. The first-order valence-corrected chi connectivity index (χ1v) is 10.5. The van der Waals surface area contributed by atoms with E-state index in [0.29, 0.717) is 28.0 Å². The average molecular weight is 425 g/mol. The summed E-state index contributed by atoms with van der Waals surface area (Å²) in [5.74, 6) is 0.301. The number of fused-ring (bicyclic) bond motifs is 1. The first-order valence-electron chi connectivity index (χ1n) is 10.1. The number of carbonyl (C=O) groups is 1. The summed E-state index contributed by atoms with van der Waals surface area (Å²) in [6.45, 7) is 4.05. The van der Waals surface area contributed by atoms with Gasteiger partial charge in [0.05, 0.1) is 17.9 Å². The second kappa shape index (κ2) is 9.21. The van der Waals surface area contributed by atoms with Crippen molar-refractivity contribution in [3.05, 3.63) is 59.6 Å². The molecule has 0 saturated heterocycles. The van der Waals surface area contributed by atoms with Gasteiger partial charge in [0.15, 0.2) is 11.7 Å². The molecule has 1 unspecified atom stereocenters. The van der Waals surface area contributed by atoms with Crippen molar-refractivity contribution in [2.75, 3.05) is 6.61 Å². The highest BCUT2D eigenvalue weighted by molar-refractivity contribution is 7.71. The first-order chi connectivity index (χ1) is 14.7. The summed E-state index contributed by atoms with van der Waals surface area (Å²) < 4.78 is 13.7. The fourth-order valence-electron chi connectivity index (χ4n) is 3.78. The molecule has 2 aromatic heterocycles. The molecule has 1 saturated carbocycles. The third-order valence-corrected chi connectivity index (χ3v) is 5.70. The van der Waals surface area contributed by atoms with Gasteiger partial charge in [-0.15, -0.1) is 0 Å². The van der Waals surface area contributed by atoms with Crippen LogP contribution in [0.25, 0.3) is 11.0 Å². The zero-order valence-corrected chi connectivity index (χ0v) is 17.4. The van der Waals surface area contributed by atoms with E-state index >= 15 is 0 Å². The van der Waals surface area contributed by atoms with Gasteiger partial charge >= 0.3 is 5.97 Å². The molecule has 1 aliphatic carbocycles. The van der Waals surface area contributed by atoms with Gasteiger partial charge in [-0.05, 0) is 43.4 Å². The lowest BCUT2D eigenvalue weighted by atomic mass is 9.97. The Hall–Kier alpha value is -3.00. The second-order valence-corrected chi connectivity index (χ2v) is 7.75. The lowest BCUT2D eigenvalue weighted by molar-refractivity contribution is -0.153. The van der Waals surface area contributed by atoms with Gasteiger partial charge in [0.25, 0.3) is 0 Å². The molecule has 3 aromatic rings. The number of nitrogens with one attached hydrogen (secondary N) is 1. The fraction of sp³-hybridized carbons (Fsp3) is 0.364. The van der Waals surface area contributed by atoms with Gasteiger partial charge in [-0.2, -0.15) is 5.10 Å². The number of nitrogens with zero attached hydrogens (tertiary/aromatic N) is 3. The number of rotatable bonds is 7. The highest BCUT2D eigenvalue weighted by atomic mass is 32.1. The van der Waals surface area contributed by atoms with Crippen molar-refractivity contribution in [1.82, 2.24) is 19.7 Å². The van der Waals surface area contributed by atoms with E-state index in [4.69, 9.17) is 21.7 Å². The monoisotopic (exact) mass is 424 g/mol. The third-order valence-electron chi connectivity index (χ3n) is 5.27. The normalized spacial score (nSPS) is 15.6. The van der Waals surface area contributed by atoms with Crippen molar-refractivity contribution in [3.63, 3.8) is 0 Å². The Morgan fingerprint density at radius 1 is 1.37 bits per heavy atom. The number of aromatic amines is 1. The number of carbonyl (C=O) groups excluding carboxylic acids is 1. The van der Waals surface area contributed by atoms with E-state index in [-0.39, 0.29) is 12.1 Å². The van der Waals surface area contributed by atoms with E-state index < -0.39 is 6.04 Å². The van der Waals surface area contributed by atoms with Gasteiger partial charge in [-0.1, -0.05) is 43.4 Å². The predicted molar refractivity (Wildman–Crippen MR) is 116 cm³/mol. The van der Waals surface area contributed by atoms with E-state index in [2.05, 4.69) is 21.8 Å². The molecule has 1 atom stereocenters. The Bertz CT molecular complexity index is 1100. The third kappa shape index (κ3) is 4.28. The minimum absolute atomic E-state index is 0.0614. The van der Waals surface area contributed by atoms with Crippen LogP contribution in [0.1, 0.15) is 43.7 Å². The lowest BCUT2D eigenvalue weighted by Crippen LogP contribution is -2.29. The highest BCUT2D eigenvalue weighted by Gasteiger charge is 2.29. The minimum atomic E-state index is -0.765. The molecule has 0 radical (unpaired) electrons. The number of H-pyrrole nitrogens is 1. The van der Waals surface area contributed by atoms with Gasteiger partial charge in [0.2, 0.25) is 0 Å². The summed E-state index contributed by atoms with van der Waals surface area (Å²) in [5.41, 5.74) is 1.30. The van der Waals surface area contributed by atoms with E-state index in [1.165, 1.54) is 6.42 Å². The van der Waals surface area contributed by atoms with Crippen LogP contribution in [0.3, 0.4) is 0 Å². The number of hydrogen-bond acceptors (Lipinski definition) is 6. The van der Waals surface area contributed by atoms with Crippen LogP contribution in [-0.4, -0.2) is 38.4 Å². The van der Waals surface area contributed by atoms with Crippen molar-refractivity contribution in [2.24, 2.45) is 0 Å². The van der Waals surface area contributed by atoms with Crippen LogP contribution in [0.2, 0.25) is 0 Å².